The van der Waals surface area contributed by atoms with Gasteiger partial charge in [0.05, 0.1) is 5.69 Å². The number of nitrogens with one attached hydrogen (secondary N) is 1. The van der Waals surface area contributed by atoms with Crippen LogP contribution in [0, 0.1) is 17.5 Å². The van der Waals surface area contributed by atoms with Crippen molar-refractivity contribution in [3.05, 3.63) is 29.1 Å². The number of carbonyl (C=O) groups excluding carboxylic acids is 1. The molecule has 104 valence electrons. The fraction of sp³-hybridized carbons (Fsp3) is 0.111. The van der Waals surface area contributed by atoms with Crippen LogP contribution in [0.5, 0.6) is 0 Å². The van der Waals surface area contributed by atoms with Crippen molar-refractivity contribution < 1.29 is 41.0 Å². The second-order valence-electron chi connectivity index (χ2n) is 3.17. The predicted octanol–water partition coefficient (Wildman–Crippen LogP) is 2.30. The van der Waals surface area contributed by atoms with Crippen LogP contribution >= 0.6 is 0 Å². The molecule has 0 aliphatic rings. The molecule has 0 spiro atoms. The first kappa shape index (κ1) is 14.8. The summed E-state index contributed by atoms with van der Waals surface area (Å²) in [6.45, 7) is 0. The van der Waals surface area contributed by atoms with E-state index in [1.165, 1.54) is 0 Å². The molecular weight excluding hydrogens is 284 g/mol. The number of hydrogen-bond acceptors (Lipinski definition) is 2. The number of aromatic carboxylic acids is 1. The molecule has 0 radical (unpaired) electrons. The first-order valence-electron chi connectivity index (χ1n) is 4.34. The molecule has 0 saturated heterocycles. The highest BCUT2D eigenvalue weighted by atomic mass is 19.4. The third kappa shape index (κ3) is 2.95. The van der Waals surface area contributed by atoms with Crippen LogP contribution in [0.4, 0.5) is 32.0 Å². The molecule has 0 fully saturated rings. The second-order valence-corrected chi connectivity index (χ2v) is 3.17. The van der Waals surface area contributed by atoms with Crippen LogP contribution in [0.1, 0.15) is 10.4 Å². The van der Waals surface area contributed by atoms with Gasteiger partial charge in [0.1, 0.15) is 5.56 Å². The quantitative estimate of drug-likeness (QED) is 0.648. The van der Waals surface area contributed by atoms with Gasteiger partial charge in [-0.15, -0.1) is 0 Å². The van der Waals surface area contributed by atoms with E-state index in [1.54, 1.807) is 0 Å². The first-order chi connectivity index (χ1) is 8.55. The fourth-order valence-corrected chi connectivity index (χ4v) is 1.04. The molecule has 2 N–H and O–H groups in total. The van der Waals surface area contributed by atoms with E-state index in [1.807, 2.05) is 0 Å². The van der Waals surface area contributed by atoms with E-state index >= 15 is 0 Å². The van der Waals surface area contributed by atoms with Gasteiger partial charge in [-0.2, -0.15) is 13.2 Å². The summed E-state index contributed by atoms with van der Waals surface area (Å²) in [7, 11) is 0. The molecule has 0 heterocycles. The maximum atomic E-state index is 13.1. The standard InChI is InChI=1S/C9H3F6NO3/c10-4-2(7(17)18)1-3(5(11)6(4)12)16-8(19)9(13,14)15/h1H,(H,16,19)(H,17,18). The maximum absolute atomic E-state index is 13.1. The van der Waals surface area contributed by atoms with Crippen LogP contribution in [0.25, 0.3) is 0 Å². The zero-order chi connectivity index (χ0) is 15.0. The number of carbonyl (C=O) groups is 2. The Balaban J connectivity index is 3.30. The Labute approximate surface area is 100 Å². The minimum Gasteiger partial charge on any atom is -0.478 e. The highest BCUT2D eigenvalue weighted by Crippen LogP contribution is 2.25. The van der Waals surface area contributed by atoms with Crippen molar-refractivity contribution in [2.24, 2.45) is 0 Å². The largest absolute Gasteiger partial charge is 0.478 e. The third-order valence-corrected chi connectivity index (χ3v) is 1.88. The van der Waals surface area contributed by atoms with Gasteiger partial charge in [-0.3, -0.25) is 4.79 Å². The van der Waals surface area contributed by atoms with Crippen molar-refractivity contribution in [2.75, 3.05) is 5.32 Å². The average molecular weight is 287 g/mol. The Morgan fingerprint density at radius 2 is 1.58 bits per heavy atom. The van der Waals surface area contributed by atoms with Gasteiger partial charge in [0.2, 0.25) is 0 Å². The lowest BCUT2D eigenvalue weighted by atomic mass is 10.1. The Hall–Kier alpha value is -2.26. The Bertz CT molecular complexity index is 554. The molecule has 1 rings (SSSR count). The number of benzene rings is 1. The topological polar surface area (TPSA) is 66.4 Å². The molecule has 0 aromatic heterocycles. The third-order valence-electron chi connectivity index (χ3n) is 1.88. The minimum atomic E-state index is -5.40. The Morgan fingerprint density at radius 3 is 2.00 bits per heavy atom. The van der Waals surface area contributed by atoms with Crippen LogP contribution < -0.4 is 5.32 Å². The normalized spacial score (nSPS) is 11.3. The Kier molecular flexibility index (Phi) is 3.73. The summed E-state index contributed by atoms with van der Waals surface area (Å²) in [6.07, 6.45) is -5.40. The maximum Gasteiger partial charge on any atom is 0.471 e. The monoisotopic (exact) mass is 287 g/mol. The summed E-state index contributed by atoms with van der Waals surface area (Å²) in [6, 6.07) is 0.0414. The zero-order valence-corrected chi connectivity index (χ0v) is 8.61. The van der Waals surface area contributed by atoms with Crippen molar-refractivity contribution in [1.29, 1.82) is 0 Å². The van der Waals surface area contributed by atoms with Crippen molar-refractivity contribution in [3.63, 3.8) is 0 Å². The minimum absolute atomic E-state index is 0.0414. The van der Waals surface area contributed by atoms with Crippen molar-refractivity contribution in [2.45, 2.75) is 6.18 Å². The van der Waals surface area contributed by atoms with Crippen LogP contribution in [0.15, 0.2) is 6.07 Å². The van der Waals surface area contributed by atoms with Gasteiger partial charge in [0.25, 0.3) is 0 Å². The van der Waals surface area contributed by atoms with Gasteiger partial charge in [-0.25, -0.2) is 18.0 Å². The average Bonchev–Trinajstić information content (AvgIpc) is 2.28. The highest BCUT2D eigenvalue weighted by Gasteiger charge is 2.39. The molecule has 0 aliphatic carbocycles. The molecule has 1 aromatic carbocycles. The van der Waals surface area contributed by atoms with E-state index < -0.39 is 46.8 Å². The van der Waals surface area contributed by atoms with Gasteiger partial charge in [-0.05, 0) is 6.07 Å². The van der Waals surface area contributed by atoms with E-state index in [-0.39, 0.29) is 6.07 Å². The van der Waals surface area contributed by atoms with Crippen LogP contribution in [0.3, 0.4) is 0 Å². The summed E-state index contributed by atoms with van der Waals surface area (Å²) in [5, 5.41) is 9.34. The summed E-state index contributed by atoms with van der Waals surface area (Å²) in [4.78, 5) is 21.0. The summed E-state index contributed by atoms with van der Waals surface area (Å²) < 4.78 is 74.6. The molecule has 0 saturated carbocycles. The Morgan fingerprint density at radius 1 is 1.05 bits per heavy atom. The van der Waals surface area contributed by atoms with Crippen molar-refractivity contribution in [1.82, 2.24) is 0 Å². The number of alkyl halides is 3. The van der Waals surface area contributed by atoms with E-state index in [0.29, 0.717) is 0 Å². The van der Waals surface area contributed by atoms with E-state index in [9.17, 15) is 35.9 Å². The van der Waals surface area contributed by atoms with E-state index in [2.05, 4.69) is 0 Å². The lowest BCUT2D eigenvalue weighted by Gasteiger charge is -2.10. The van der Waals surface area contributed by atoms with Gasteiger partial charge in [0.15, 0.2) is 17.5 Å². The number of halogens is 6. The number of anilines is 1. The summed E-state index contributed by atoms with van der Waals surface area (Å²) in [5.41, 5.74) is -2.85. The SMILES string of the molecule is O=C(O)c1cc(NC(=O)C(F)(F)F)c(F)c(F)c1F. The van der Waals surface area contributed by atoms with Crippen LogP contribution in [0.2, 0.25) is 0 Å². The number of carboxylic acids is 1. The molecule has 10 heteroatoms. The molecule has 0 aliphatic heterocycles. The second kappa shape index (κ2) is 4.78. The molecule has 4 nitrogen and oxygen atoms in total. The molecule has 19 heavy (non-hydrogen) atoms. The summed E-state index contributed by atoms with van der Waals surface area (Å²) in [5.74, 6) is -11.2. The van der Waals surface area contributed by atoms with Crippen molar-refractivity contribution >= 4 is 17.6 Å². The molecular formula is C9H3F6NO3. The van der Waals surface area contributed by atoms with Gasteiger partial charge in [0, 0.05) is 0 Å². The molecule has 0 unspecified atom stereocenters. The number of amides is 1. The summed E-state index contributed by atoms with van der Waals surface area (Å²) >= 11 is 0. The molecule has 1 amide bonds. The number of carboxylic acid groups (broad SMARTS) is 1. The molecule has 0 atom stereocenters. The van der Waals surface area contributed by atoms with Crippen molar-refractivity contribution in [3.8, 4) is 0 Å². The lowest BCUT2D eigenvalue weighted by Crippen LogP contribution is -2.30. The number of hydrogen-bond donors (Lipinski definition) is 2. The zero-order valence-electron chi connectivity index (χ0n) is 8.61. The van der Waals surface area contributed by atoms with Gasteiger partial charge < -0.3 is 10.4 Å². The first-order valence-corrected chi connectivity index (χ1v) is 4.34. The smallest absolute Gasteiger partial charge is 0.471 e. The predicted molar refractivity (Wildman–Crippen MR) is 48.0 cm³/mol. The van der Waals surface area contributed by atoms with E-state index in [0.717, 1.165) is 5.32 Å². The van der Waals surface area contributed by atoms with Gasteiger partial charge >= 0.3 is 18.1 Å². The van der Waals surface area contributed by atoms with Gasteiger partial charge in [-0.1, -0.05) is 0 Å². The molecule has 1 aromatic rings. The van der Waals surface area contributed by atoms with E-state index in [4.69, 9.17) is 5.11 Å². The van der Waals surface area contributed by atoms with Crippen LogP contribution in [-0.4, -0.2) is 23.2 Å². The fourth-order valence-electron chi connectivity index (χ4n) is 1.04. The molecule has 0 bridgehead atoms. The lowest BCUT2D eigenvalue weighted by molar-refractivity contribution is -0.167. The number of rotatable bonds is 2. The van der Waals surface area contributed by atoms with Crippen LogP contribution in [-0.2, 0) is 4.79 Å². The highest BCUT2D eigenvalue weighted by molar-refractivity contribution is 5.97.